The van der Waals surface area contributed by atoms with Crippen LogP contribution in [0.15, 0.2) is 22.7 Å². The number of benzene rings is 1. The van der Waals surface area contributed by atoms with Crippen molar-refractivity contribution < 1.29 is 0 Å². The van der Waals surface area contributed by atoms with Crippen molar-refractivity contribution in [3.05, 3.63) is 28.2 Å². The second-order valence-corrected chi connectivity index (χ2v) is 9.88. The minimum Gasteiger partial charge on any atom is -0.192 e. The highest BCUT2D eigenvalue weighted by Gasteiger charge is 2.22. The average Bonchev–Trinajstić information content (AvgIpc) is 2.01. The Morgan fingerprint density at radius 3 is 2.31 bits per heavy atom. The third-order valence-corrected chi connectivity index (χ3v) is 4.95. The molecule has 68 valence electrons. The van der Waals surface area contributed by atoms with Crippen LogP contribution < -0.4 is 5.19 Å². The highest BCUT2D eigenvalue weighted by Crippen LogP contribution is 2.15. The van der Waals surface area contributed by atoms with E-state index in [9.17, 15) is 0 Å². The van der Waals surface area contributed by atoms with Crippen LogP contribution in [0.2, 0.25) is 19.6 Å². The summed E-state index contributed by atoms with van der Waals surface area (Å²) in [6.07, 6.45) is 0. The van der Waals surface area contributed by atoms with Crippen LogP contribution in [0, 0.1) is 11.3 Å². The first-order valence-electron chi connectivity index (χ1n) is 4.16. The predicted octanol–water partition coefficient (Wildman–Crippen LogP) is 2.87. The van der Waals surface area contributed by atoms with E-state index < -0.39 is 8.07 Å². The van der Waals surface area contributed by atoms with Crippen molar-refractivity contribution in [2.24, 2.45) is 0 Å². The fraction of sp³-hybridized carbons (Fsp3) is 0.300. The Kier molecular flexibility index (Phi) is 2.94. The van der Waals surface area contributed by atoms with Gasteiger partial charge in [0.15, 0.2) is 0 Å². The lowest BCUT2D eigenvalue weighted by atomic mass is 10.2. The van der Waals surface area contributed by atoms with Crippen LogP contribution in [0.1, 0.15) is 5.56 Å². The van der Waals surface area contributed by atoms with Crippen molar-refractivity contribution in [3.8, 4) is 6.07 Å². The fourth-order valence-corrected chi connectivity index (χ4v) is 5.28. The van der Waals surface area contributed by atoms with Gasteiger partial charge in [0.1, 0.15) is 0 Å². The second kappa shape index (κ2) is 3.65. The molecule has 0 aliphatic carbocycles. The van der Waals surface area contributed by atoms with E-state index in [0.29, 0.717) is 0 Å². The summed E-state index contributed by atoms with van der Waals surface area (Å²) in [5.74, 6) is 0. The van der Waals surface area contributed by atoms with Crippen LogP contribution in [0.25, 0.3) is 0 Å². The summed E-state index contributed by atoms with van der Waals surface area (Å²) in [5.41, 5.74) is 0.813. The molecule has 0 N–H and O–H groups in total. The zero-order valence-electron chi connectivity index (χ0n) is 8.06. The fourth-order valence-electron chi connectivity index (χ4n) is 1.38. The Balaban J connectivity index is 3.43. The molecule has 0 amide bonds. The Morgan fingerprint density at radius 2 is 1.92 bits per heavy atom. The summed E-state index contributed by atoms with van der Waals surface area (Å²) in [7, 11) is -1.41. The van der Waals surface area contributed by atoms with E-state index in [4.69, 9.17) is 5.26 Å². The van der Waals surface area contributed by atoms with Crippen LogP contribution in [0.3, 0.4) is 0 Å². The third kappa shape index (κ3) is 2.20. The third-order valence-electron chi connectivity index (χ3n) is 1.88. The van der Waals surface area contributed by atoms with Crippen LogP contribution >= 0.6 is 15.9 Å². The molecule has 0 saturated carbocycles. The molecule has 0 aliphatic heterocycles. The molecule has 0 saturated heterocycles. The number of nitrogens with zero attached hydrogens (tertiary/aromatic N) is 1. The maximum absolute atomic E-state index is 8.96. The summed E-state index contributed by atoms with van der Waals surface area (Å²) in [5, 5.41) is 10.2. The Morgan fingerprint density at radius 1 is 1.31 bits per heavy atom. The van der Waals surface area contributed by atoms with Crippen molar-refractivity contribution in [1.29, 1.82) is 5.26 Å². The van der Waals surface area contributed by atoms with Gasteiger partial charge in [-0.25, -0.2) is 0 Å². The minimum absolute atomic E-state index is 0.813. The molecule has 0 radical (unpaired) electrons. The number of rotatable bonds is 1. The number of halogens is 1. The number of nitriles is 1. The quantitative estimate of drug-likeness (QED) is 0.707. The monoisotopic (exact) mass is 253 g/mol. The SMILES string of the molecule is C[Si](C)(C)c1c(Br)cccc1C#N. The molecule has 0 unspecified atom stereocenters. The maximum Gasteiger partial charge on any atom is 0.0990 e. The zero-order chi connectivity index (χ0) is 10.1. The van der Waals surface area contributed by atoms with Crippen LogP contribution in [0.5, 0.6) is 0 Å². The van der Waals surface area contributed by atoms with Gasteiger partial charge in [-0.05, 0) is 17.3 Å². The average molecular weight is 254 g/mol. The summed E-state index contributed by atoms with van der Waals surface area (Å²) in [4.78, 5) is 0. The molecule has 0 atom stereocenters. The topological polar surface area (TPSA) is 23.8 Å². The Hall–Kier alpha value is -0.593. The summed E-state index contributed by atoms with van der Waals surface area (Å²) < 4.78 is 1.07. The standard InChI is InChI=1S/C10H12BrNSi/c1-13(2,3)10-8(7-12)5-4-6-9(10)11/h4-6H,1-3H3. The van der Waals surface area contributed by atoms with Gasteiger partial charge in [-0.1, -0.05) is 41.6 Å². The summed E-state index contributed by atoms with van der Waals surface area (Å²) in [6.45, 7) is 6.73. The van der Waals surface area contributed by atoms with E-state index in [-0.39, 0.29) is 0 Å². The van der Waals surface area contributed by atoms with Gasteiger partial charge in [-0.15, -0.1) is 0 Å². The van der Waals surface area contributed by atoms with Gasteiger partial charge in [0.05, 0.1) is 19.7 Å². The van der Waals surface area contributed by atoms with Crippen LogP contribution in [-0.4, -0.2) is 8.07 Å². The van der Waals surface area contributed by atoms with Crippen molar-refractivity contribution in [1.82, 2.24) is 0 Å². The van der Waals surface area contributed by atoms with E-state index in [2.05, 4.69) is 41.6 Å². The Labute approximate surface area is 88.5 Å². The molecule has 0 bridgehead atoms. The largest absolute Gasteiger partial charge is 0.192 e. The van der Waals surface area contributed by atoms with E-state index >= 15 is 0 Å². The predicted molar refractivity (Wildman–Crippen MR) is 61.8 cm³/mol. The zero-order valence-corrected chi connectivity index (χ0v) is 10.6. The van der Waals surface area contributed by atoms with Gasteiger partial charge in [0.2, 0.25) is 0 Å². The first-order valence-corrected chi connectivity index (χ1v) is 8.45. The van der Waals surface area contributed by atoms with Gasteiger partial charge in [-0.2, -0.15) is 5.26 Å². The molecule has 0 aliphatic rings. The first-order chi connectivity index (χ1) is 5.96. The number of hydrogen-bond acceptors (Lipinski definition) is 1. The van der Waals surface area contributed by atoms with Crippen molar-refractivity contribution >= 4 is 29.2 Å². The highest BCUT2D eigenvalue weighted by atomic mass is 79.9. The van der Waals surface area contributed by atoms with Crippen LogP contribution in [0.4, 0.5) is 0 Å². The van der Waals surface area contributed by atoms with E-state index in [1.54, 1.807) is 0 Å². The first kappa shape index (κ1) is 10.5. The molecule has 0 aromatic heterocycles. The Bertz CT molecular complexity index is 360. The molecule has 1 aromatic carbocycles. The van der Waals surface area contributed by atoms with Gasteiger partial charge in [-0.3, -0.25) is 0 Å². The molecule has 0 spiro atoms. The molecule has 1 rings (SSSR count). The van der Waals surface area contributed by atoms with Gasteiger partial charge in [0, 0.05) is 4.47 Å². The molecule has 3 heteroatoms. The lowest BCUT2D eigenvalue weighted by Gasteiger charge is -2.19. The summed E-state index contributed by atoms with van der Waals surface area (Å²) in [6, 6.07) is 8.05. The molecule has 1 aromatic rings. The van der Waals surface area contributed by atoms with Crippen molar-refractivity contribution in [2.75, 3.05) is 0 Å². The van der Waals surface area contributed by atoms with Crippen molar-refractivity contribution in [3.63, 3.8) is 0 Å². The molecular formula is C10H12BrNSi. The number of hydrogen-bond donors (Lipinski definition) is 0. The van der Waals surface area contributed by atoms with Gasteiger partial charge >= 0.3 is 0 Å². The molecule has 0 fully saturated rings. The van der Waals surface area contributed by atoms with Crippen LogP contribution in [-0.2, 0) is 0 Å². The molecule has 1 nitrogen and oxygen atoms in total. The maximum atomic E-state index is 8.96. The highest BCUT2D eigenvalue weighted by molar-refractivity contribution is 9.10. The van der Waals surface area contributed by atoms with Gasteiger partial charge < -0.3 is 0 Å². The second-order valence-electron chi connectivity index (χ2n) is 4.02. The minimum atomic E-state index is -1.41. The molecule has 13 heavy (non-hydrogen) atoms. The summed E-state index contributed by atoms with van der Waals surface area (Å²) >= 11 is 3.51. The lowest BCUT2D eigenvalue weighted by Crippen LogP contribution is -2.40. The molecule has 0 heterocycles. The lowest BCUT2D eigenvalue weighted by molar-refractivity contribution is 1.48. The smallest absolute Gasteiger partial charge is 0.0990 e. The van der Waals surface area contributed by atoms with E-state index in [1.165, 1.54) is 5.19 Å². The van der Waals surface area contributed by atoms with E-state index in [0.717, 1.165) is 10.0 Å². The van der Waals surface area contributed by atoms with Gasteiger partial charge in [0.25, 0.3) is 0 Å². The molecular weight excluding hydrogens is 242 g/mol. The van der Waals surface area contributed by atoms with Crippen molar-refractivity contribution in [2.45, 2.75) is 19.6 Å². The van der Waals surface area contributed by atoms with E-state index in [1.807, 2.05) is 18.2 Å². The normalized spacial score (nSPS) is 11.0.